The standard InChI is InChI=1S/C14H19N3O4/c1-21-14(20)11-6-7-12(16-15-11)17-9-3-2-4-10(17)5-8-13(18)19/h6-7,10H,2-5,8-9H2,1H3,(H,18,19). The summed E-state index contributed by atoms with van der Waals surface area (Å²) in [6.07, 6.45) is 3.83. The van der Waals surface area contributed by atoms with Crippen LogP contribution in [-0.4, -0.2) is 46.9 Å². The molecular weight excluding hydrogens is 274 g/mol. The number of piperidine rings is 1. The molecule has 1 N–H and O–H groups in total. The summed E-state index contributed by atoms with van der Waals surface area (Å²) in [5.74, 6) is -0.625. The van der Waals surface area contributed by atoms with Crippen LogP contribution in [0.15, 0.2) is 12.1 Å². The second-order valence-electron chi connectivity index (χ2n) is 5.04. The van der Waals surface area contributed by atoms with Gasteiger partial charge < -0.3 is 14.7 Å². The number of aliphatic carboxylic acids is 1. The molecule has 2 rings (SSSR count). The SMILES string of the molecule is COC(=O)c1ccc(N2CCCCC2CCC(=O)O)nn1. The summed E-state index contributed by atoms with van der Waals surface area (Å²) in [7, 11) is 1.30. The number of carboxylic acids is 1. The van der Waals surface area contributed by atoms with Gasteiger partial charge >= 0.3 is 11.9 Å². The van der Waals surface area contributed by atoms with Crippen LogP contribution in [0.2, 0.25) is 0 Å². The zero-order chi connectivity index (χ0) is 15.2. The van der Waals surface area contributed by atoms with Gasteiger partial charge in [-0.25, -0.2) is 4.79 Å². The van der Waals surface area contributed by atoms with Crippen LogP contribution in [0.4, 0.5) is 5.82 Å². The number of hydrogen-bond acceptors (Lipinski definition) is 6. The number of ether oxygens (including phenoxy) is 1. The maximum atomic E-state index is 11.3. The molecule has 0 radical (unpaired) electrons. The number of carbonyl (C=O) groups is 2. The Morgan fingerprint density at radius 2 is 2.19 bits per heavy atom. The Balaban J connectivity index is 2.09. The first-order valence-electron chi connectivity index (χ1n) is 7.02. The molecule has 0 aliphatic carbocycles. The topological polar surface area (TPSA) is 92.6 Å². The predicted octanol–water partition coefficient (Wildman–Crippen LogP) is 1.49. The Labute approximate surface area is 122 Å². The van der Waals surface area contributed by atoms with Crippen molar-refractivity contribution < 1.29 is 19.4 Å². The lowest BCUT2D eigenvalue weighted by molar-refractivity contribution is -0.137. The van der Waals surface area contributed by atoms with Gasteiger partial charge in [0.15, 0.2) is 11.5 Å². The van der Waals surface area contributed by atoms with E-state index in [9.17, 15) is 9.59 Å². The maximum Gasteiger partial charge on any atom is 0.358 e. The maximum absolute atomic E-state index is 11.3. The summed E-state index contributed by atoms with van der Waals surface area (Å²) < 4.78 is 4.59. The Morgan fingerprint density at radius 1 is 1.38 bits per heavy atom. The summed E-state index contributed by atoms with van der Waals surface area (Å²) in [4.78, 5) is 24.2. The average Bonchev–Trinajstić information content (AvgIpc) is 2.52. The molecule has 114 valence electrons. The van der Waals surface area contributed by atoms with Crippen LogP contribution in [0.1, 0.15) is 42.6 Å². The molecule has 0 aromatic carbocycles. The number of carbonyl (C=O) groups excluding carboxylic acids is 1. The lowest BCUT2D eigenvalue weighted by Gasteiger charge is -2.36. The van der Waals surface area contributed by atoms with Crippen molar-refractivity contribution in [2.45, 2.75) is 38.1 Å². The molecule has 1 unspecified atom stereocenters. The average molecular weight is 293 g/mol. The molecule has 0 amide bonds. The summed E-state index contributed by atoms with van der Waals surface area (Å²) in [5.41, 5.74) is 0.167. The van der Waals surface area contributed by atoms with E-state index in [-0.39, 0.29) is 18.2 Å². The van der Waals surface area contributed by atoms with E-state index in [1.165, 1.54) is 7.11 Å². The van der Waals surface area contributed by atoms with Crippen LogP contribution in [0.25, 0.3) is 0 Å². The minimum atomic E-state index is -0.785. The highest BCUT2D eigenvalue weighted by atomic mass is 16.5. The predicted molar refractivity (Wildman–Crippen MR) is 75.2 cm³/mol. The Hall–Kier alpha value is -2.18. The van der Waals surface area contributed by atoms with Crippen molar-refractivity contribution in [3.05, 3.63) is 17.8 Å². The largest absolute Gasteiger partial charge is 0.481 e. The van der Waals surface area contributed by atoms with Gasteiger partial charge in [0.2, 0.25) is 0 Å². The highest BCUT2D eigenvalue weighted by Crippen LogP contribution is 2.25. The second-order valence-corrected chi connectivity index (χ2v) is 5.04. The fourth-order valence-electron chi connectivity index (χ4n) is 2.58. The zero-order valence-corrected chi connectivity index (χ0v) is 12.0. The third-order valence-corrected chi connectivity index (χ3v) is 3.66. The Kier molecular flexibility index (Phi) is 5.08. The highest BCUT2D eigenvalue weighted by molar-refractivity contribution is 5.87. The van der Waals surface area contributed by atoms with Gasteiger partial charge in [0.25, 0.3) is 0 Å². The number of rotatable bonds is 5. The quantitative estimate of drug-likeness (QED) is 0.822. The molecular formula is C14H19N3O4. The van der Waals surface area contributed by atoms with Gasteiger partial charge in [-0.05, 0) is 37.8 Å². The summed E-state index contributed by atoms with van der Waals surface area (Å²) in [6, 6.07) is 3.48. The van der Waals surface area contributed by atoms with Gasteiger partial charge in [0.1, 0.15) is 0 Å². The van der Waals surface area contributed by atoms with E-state index >= 15 is 0 Å². The van der Waals surface area contributed by atoms with Crippen molar-refractivity contribution in [1.29, 1.82) is 0 Å². The van der Waals surface area contributed by atoms with E-state index in [4.69, 9.17) is 5.11 Å². The molecule has 0 bridgehead atoms. The van der Waals surface area contributed by atoms with Crippen molar-refractivity contribution in [3.8, 4) is 0 Å². The first kappa shape index (κ1) is 15.2. The molecule has 2 heterocycles. The van der Waals surface area contributed by atoms with Crippen molar-refractivity contribution in [1.82, 2.24) is 10.2 Å². The fourth-order valence-corrected chi connectivity index (χ4v) is 2.58. The van der Waals surface area contributed by atoms with E-state index in [0.717, 1.165) is 25.8 Å². The second kappa shape index (κ2) is 7.01. The number of anilines is 1. The van der Waals surface area contributed by atoms with Crippen molar-refractivity contribution >= 4 is 17.8 Å². The van der Waals surface area contributed by atoms with Gasteiger partial charge in [-0.1, -0.05) is 0 Å². The Morgan fingerprint density at radius 3 is 2.81 bits per heavy atom. The summed E-state index contributed by atoms with van der Waals surface area (Å²) >= 11 is 0. The number of nitrogens with zero attached hydrogens (tertiary/aromatic N) is 3. The monoisotopic (exact) mass is 293 g/mol. The number of aromatic nitrogens is 2. The molecule has 1 atom stereocenters. The fraction of sp³-hybridized carbons (Fsp3) is 0.571. The molecule has 1 aromatic rings. The molecule has 1 saturated heterocycles. The van der Waals surface area contributed by atoms with Gasteiger partial charge in [-0.15, -0.1) is 10.2 Å². The molecule has 21 heavy (non-hydrogen) atoms. The van der Waals surface area contributed by atoms with Crippen molar-refractivity contribution in [2.75, 3.05) is 18.6 Å². The Bertz CT molecular complexity index is 503. The van der Waals surface area contributed by atoms with E-state index < -0.39 is 11.9 Å². The molecule has 1 aliphatic heterocycles. The molecule has 1 aromatic heterocycles. The first-order chi connectivity index (χ1) is 10.1. The lowest BCUT2D eigenvalue weighted by Crippen LogP contribution is -2.40. The third-order valence-electron chi connectivity index (χ3n) is 3.66. The molecule has 0 saturated carbocycles. The van der Waals surface area contributed by atoms with E-state index in [1.807, 2.05) is 0 Å². The highest BCUT2D eigenvalue weighted by Gasteiger charge is 2.24. The summed E-state index contributed by atoms with van der Waals surface area (Å²) in [6.45, 7) is 0.830. The van der Waals surface area contributed by atoms with E-state index in [1.54, 1.807) is 12.1 Å². The normalized spacial score (nSPS) is 18.3. The zero-order valence-electron chi connectivity index (χ0n) is 12.0. The molecule has 1 fully saturated rings. The number of methoxy groups -OCH3 is 1. The van der Waals surface area contributed by atoms with Crippen molar-refractivity contribution in [2.24, 2.45) is 0 Å². The lowest BCUT2D eigenvalue weighted by atomic mass is 9.98. The minimum absolute atomic E-state index is 0.148. The molecule has 0 spiro atoms. The van der Waals surface area contributed by atoms with Crippen LogP contribution in [0, 0.1) is 0 Å². The summed E-state index contributed by atoms with van der Waals surface area (Å²) in [5, 5.41) is 16.8. The third kappa shape index (κ3) is 3.90. The molecule has 7 nitrogen and oxygen atoms in total. The number of esters is 1. The minimum Gasteiger partial charge on any atom is -0.481 e. The number of hydrogen-bond donors (Lipinski definition) is 1. The van der Waals surface area contributed by atoms with Crippen LogP contribution < -0.4 is 4.90 Å². The van der Waals surface area contributed by atoms with Gasteiger partial charge in [0.05, 0.1) is 7.11 Å². The van der Waals surface area contributed by atoms with Crippen LogP contribution in [0.5, 0.6) is 0 Å². The van der Waals surface area contributed by atoms with Gasteiger partial charge in [-0.3, -0.25) is 4.79 Å². The van der Waals surface area contributed by atoms with Crippen LogP contribution in [0.3, 0.4) is 0 Å². The number of carboxylic acid groups (broad SMARTS) is 1. The first-order valence-corrected chi connectivity index (χ1v) is 7.02. The van der Waals surface area contributed by atoms with Gasteiger partial charge in [0, 0.05) is 19.0 Å². The molecule has 7 heteroatoms. The van der Waals surface area contributed by atoms with E-state index in [0.29, 0.717) is 12.2 Å². The smallest absolute Gasteiger partial charge is 0.358 e. The van der Waals surface area contributed by atoms with Crippen molar-refractivity contribution in [3.63, 3.8) is 0 Å². The van der Waals surface area contributed by atoms with Gasteiger partial charge in [-0.2, -0.15) is 0 Å². The van der Waals surface area contributed by atoms with Crippen LogP contribution >= 0.6 is 0 Å². The van der Waals surface area contributed by atoms with Crippen LogP contribution in [-0.2, 0) is 9.53 Å². The van der Waals surface area contributed by atoms with E-state index in [2.05, 4.69) is 19.8 Å². The molecule has 1 aliphatic rings.